The lowest BCUT2D eigenvalue weighted by atomic mass is 10.2. The van der Waals surface area contributed by atoms with Gasteiger partial charge < -0.3 is 5.32 Å². The lowest BCUT2D eigenvalue weighted by Crippen LogP contribution is -2.14. The summed E-state index contributed by atoms with van der Waals surface area (Å²) in [5, 5.41) is 7.80. The van der Waals surface area contributed by atoms with E-state index in [1.807, 2.05) is 6.92 Å². The Kier molecular flexibility index (Phi) is 5.66. The van der Waals surface area contributed by atoms with Crippen molar-refractivity contribution in [3.05, 3.63) is 18.0 Å². The first-order chi connectivity index (χ1) is 7.81. The van der Waals surface area contributed by atoms with Crippen molar-refractivity contribution in [2.75, 3.05) is 6.54 Å². The summed E-state index contributed by atoms with van der Waals surface area (Å²) in [7, 11) is 0. The summed E-state index contributed by atoms with van der Waals surface area (Å²) in [6, 6.07) is 2.61. The molecule has 0 aromatic carbocycles. The van der Waals surface area contributed by atoms with E-state index in [-0.39, 0.29) is 0 Å². The van der Waals surface area contributed by atoms with Gasteiger partial charge in [-0.15, -0.1) is 5.92 Å². The maximum absolute atomic E-state index is 4.56. The Morgan fingerprint density at radius 3 is 2.81 bits per heavy atom. The van der Waals surface area contributed by atoms with Crippen molar-refractivity contribution < 1.29 is 0 Å². The second kappa shape index (κ2) is 7.08. The molecule has 16 heavy (non-hydrogen) atoms. The van der Waals surface area contributed by atoms with E-state index < -0.39 is 0 Å². The third kappa shape index (κ3) is 3.71. The topological polar surface area (TPSA) is 29.9 Å². The zero-order valence-corrected chi connectivity index (χ0v) is 10.5. The Bertz CT molecular complexity index is 353. The minimum absolute atomic E-state index is 0.532. The summed E-state index contributed by atoms with van der Waals surface area (Å²) >= 11 is 0. The van der Waals surface area contributed by atoms with E-state index in [9.17, 15) is 0 Å². The SMILES string of the molecule is CC#CCNCc1ccn(C(CC)CC)n1. The fraction of sp³-hybridized carbons (Fsp3) is 0.615. The summed E-state index contributed by atoms with van der Waals surface area (Å²) in [4.78, 5) is 0. The van der Waals surface area contributed by atoms with Gasteiger partial charge in [0.25, 0.3) is 0 Å². The van der Waals surface area contributed by atoms with Gasteiger partial charge in [0, 0.05) is 12.7 Å². The molecule has 3 heteroatoms. The molecule has 0 bridgehead atoms. The predicted octanol–water partition coefficient (Wildman–Crippen LogP) is 2.36. The van der Waals surface area contributed by atoms with Gasteiger partial charge in [0.2, 0.25) is 0 Å². The van der Waals surface area contributed by atoms with Crippen LogP contribution in [0.15, 0.2) is 12.3 Å². The molecular formula is C13H21N3. The Labute approximate surface area is 98.2 Å². The zero-order chi connectivity index (χ0) is 11.8. The van der Waals surface area contributed by atoms with Crippen molar-refractivity contribution in [1.82, 2.24) is 15.1 Å². The van der Waals surface area contributed by atoms with Crippen molar-refractivity contribution in [2.24, 2.45) is 0 Å². The maximum atomic E-state index is 4.56. The molecule has 1 rings (SSSR count). The molecular weight excluding hydrogens is 198 g/mol. The van der Waals surface area contributed by atoms with Gasteiger partial charge in [0.1, 0.15) is 0 Å². The van der Waals surface area contributed by atoms with Gasteiger partial charge in [-0.05, 0) is 25.8 Å². The van der Waals surface area contributed by atoms with E-state index in [0.29, 0.717) is 6.04 Å². The van der Waals surface area contributed by atoms with Gasteiger partial charge in [-0.25, -0.2) is 0 Å². The minimum Gasteiger partial charge on any atom is -0.300 e. The van der Waals surface area contributed by atoms with Crippen LogP contribution in [0.1, 0.15) is 45.3 Å². The summed E-state index contributed by atoms with van der Waals surface area (Å²) in [5.74, 6) is 5.83. The number of nitrogens with zero attached hydrogens (tertiary/aromatic N) is 2. The van der Waals surface area contributed by atoms with Crippen LogP contribution in [0.2, 0.25) is 0 Å². The molecule has 1 heterocycles. The summed E-state index contributed by atoms with van der Waals surface area (Å²) < 4.78 is 2.07. The zero-order valence-electron chi connectivity index (χ0n) is 10.5. The molecule has 1 aromatic heterocycles. The number of hydrogen-bond acceptors (Lipinski definition) is 2. The largest absolute Gasteiger partial charge is 0.300 e. The van der Waals surface area contributed by atoms with Crippen molar-refractivity contribution in [1.29, 1.82) is 0 Å². The standard InChI is InChI=1S/C13H21N3/c1-4-7-9-14-11-12-8-10-16(15-12)13(5-2)6-3/h8,10,13-14H,5-6,9,11H2,1-3H3. The summed E-state index contributed by atoms with van der Waals surface area (Å²) in [5.41, 5.74) is 1.09. The van der Waals surface area contributed by atoms with Crippen molar-refractivity contribution in [3.8, 4) is 11.8 Å². The lowest BCUT2D eigenvalue weighted by Gasteiger charge is -2.12. The summed E-state index contributed by atoms with van der Waals surface area (Å²) in [6.45, 7) is 7.77. The van der Waals surface area contributed by atoms with Crippen LogP contribution in [0.5, 0.6) is 0 Å². The van der Waals surface area contributed by atoms with Gasteiger partial charge in [0.15, 0.2) is 0 Å². The third-order valence-electron chi connectivity index (χ3n) is 2.68. The highest BCUT2D eigenvalue weighted by atomic mass is 15.3. The fourth-order valence-corrected chi connectivity index (χ4v) is 1.68. The second-order valence-electron chi connectivity index (χ2n) is 3.79. The van der Waals surface area contributed by atoms with Gasteiger partial charge in [-0.2, -0.15) is 5.10 Å². The molecule has 0 aliphatic carbocycles. The van der Waals surface area contributed by atoms with Gasteiger partial charge >= 0.3 is 0 Å². The molecule has 1 aromatic rings. The first kappa shape index (κ1) is 12.8. The quantitative estimate of drug-likeness (QED) is 0.588. The van der Waals surface area contributed by atoms with Gasteiger partial charge in [-0.1, -0.05) is 19.8 Å². The predicted molar refractivity (Wildman–Crippen MR) is 67.0 cm³/mol. The summed E-state index contributed by atoms with van der Waals surface area (Å²) in [6.07, 6.45) is 4.33. The van der Waals surface area contributed by atoms with Crippen molar-refractivity contribution >= 4 is 0 Å². The van der Waals surface area contributed by atoms with E-state index >= 15 is 0 Å². The minimum atomic E-state index is 0.532. The molecule has 0 radical (unpaired) electrons. The Morgan fingerprint density at radius 2 is 2.19 bits per heavy atom. The molecule has 0 amide bonds. The first-order valence-electron chi connectivity index (χ1n) is 5.96. The molecule has 0 spiro atoms. The number of hydrogen-bond donors (Lipinski definition) is 1. The Balaban J connectivity index is 2.46. The van der Waals surface area contributed by atoms with Crippen LogP contribution in [0.4, 0.5) is 0 Å². The third-order valence-corrected chi connectivity index (χ3v) is 2.68. The monoisotopic (exact) mass is 219 g/mol. The second-order valence-corrected chi connectivity index (χ2v) is 3.79. The molecule has 0 atom stereocenters. The smallest absolute Gasteiger partial charge is 0.0762 e. The van der Waals surface area contributed by atoms with Gasteiger partial charge in [0.05, 0.1) is 18.3 Å². The van der Waals surface area contributed by atoms with E-state index in [2.05, 4.69) is 53.0 Å². The average molecular weight is 219 g/mol. The first-order valence-corrected chi connectivity index (χ1v) is 5.96. The molecule has 0 aliphatic rings. The Hall–Kier alpha value is -1.27. The molecule has 0 unspecified atom stereocenters. The highest BCUT2D eigenvalue weighted by Crippen LogP contribution is 2.14. The molecule has 0 saturated heterocycles. The number of aromatic nitrogens is 2. The number of nitrogens with one attached hydrogen (secondary N) is 1. The van der Waals surface area contributed by atoms with E-state index in [1.165, 1.54) is 0 Å². The van der Waals surface area contributed by atoms with Crippen LogP contribution in [-0.4, -0.2) is 16.3 Å². The molecule has 0 fully saturated rings. The van der Waals surface area contributed by atoms with Crippen LogP contribution < -0.4 is 5.32 Å². The van der Waals surface area contributed by atoms with Crippen LogP contribution in [0.25, 0.3) is 0 Å². The van der Waals surface area contributed by atoms with Crippen molar-refractivity contribution in [3.63, 3.8) is 0 Å². The van der Waals surface area contributed by atoms with Crippen LogP contribution in [0.3, 0.4) is 0 Å². The van der Waals surface area contributed by atoms with Crippen LogP contribution >= 0.6 is 0 Å². The van der Waals surface area contributed by atoms with Crippen LogP contribution in [0, 0.1) is 11.8 Å². The van der Waals surface area contributed by atoms with E-state index in [0.717, 1.165) is 31.6 Å². The maximum Gasteiger partial charge on any atom is 0.0762 e. The lowest BCUT2D eigenvalue weighted by molar-refractivity contribution is 0.424. The molecule has 88 valence electrons. The normalized spacial score (nSPS) is 10.2. The molecule has 0 saturated carbocycles. The molecule has 1 N–H and O–H groups in total. The fourth-order valence-electron chi connectivity index (χ4n) is 1.68. The van der Waals surface area contributed by atoms with E-state index in [1.54, 1.807) is 0 Å². The molecule has 3 nitrogen and oxygen atoms in total. The van der Waals surface area contributed by atoms with Crippen molar-refractivity contribution in [2.45, 2.75) is 46.2 Å². The highest BCUT2D eigenvalue weighted by Gasteiger charge is 2.07. The Morgan fingerprint density at radius 1 is 1.44 bits per heavy atom. The van der Waals surface area contributed by atoms with E-state index in [4.69, 9.17) is 0 Å². The molecule has 0 aliphatic heterocycles. The highest BCUT2D eigenvalue weighted by molar-refractivity contribution is 5.02. The van der Waals surface area contributed by atoms with Gasteiger partial charge in [-0.3, -0.25) is 4.68 Å². The van der Waals surface area contributed by atoms with Crippen LogP contribution in [-0.2, 0) is 6.54 Å². The number of rotatable bonds is 6. The average Bonchev–Trinajstić information content (AvgIpc) is 2.75.